The van der Waals surface area contributed by atoms with Gasteiger partial charge < -0.3 is 4.90 Å². The quantitative estimate of drug-likeness (QED) is 0.781. The van der Waals surface area contributed by atoms with Gasteiger partial charge in [-0.05, 0) is 24.7 Å². The van der Waals surface area contributed by atoms with Gasteiger partial charge in [0.25, 0.3) is 0 Å². The molecule has 6 heteroatoms. The van der Waals surface area contributed by atoms with Gasteiger partial charge in [-0.25, -0.2) is 0 Å². The average Bonchev–Trinajstić information content (AvgIpc) is 2.90. The number of rotatable bonds is 5. The summed E-state index contributed by atoms with van der Waals surface area (Å²) in [5.74, 6) is 0.730. The van der Waals surface area contributed by atoms with Gasteiger partial charge in [0.2, 0.25) is 5.91 Å². The van der Waals surface area contributed by atoms with E-state index < -0.39 is 0 Å². The van der Waals surface area contributed by atoms with Crippen LogP contribution in [0, 0.1) is 5.41 Å². The summed E-state index contributed by atoms with van der Waals surface area (Å²) in [6, 6.07) is 0. The van der Waals surface area contributed by atoms with Crippen LogP contribution < -0.4 is 0 Å². The smallest absolute Gasteiger partial charge is 0.233 e. The Balaban J connectivity index is 1.85. The van der Waals surface area contributed by atoms with Gasteiger partial charge in [0.15, 0.2) is 4.34 Å². The van der Waals surface area contributed by atoms with Gasteiger partial charge >= 0.3 is 0 Å². The highest BCUT2D eigenvalue weighted by Crippen LogP contribution is 2.38. The summed E-state index contributed by atoms with van der Waals surface area (Å²) < 4.78 is 0.879. The van der Waals surface area contributed by atoms with Gasteiger partial charge in [0.05, 0.1) is 5.75 Å². The Labute approximate surface area is 129 Å². The fourth-order valence-corrected chi connectivity index (χ4v) is 4.29. The highest BCUT2D eigenvalue weighted by atomic mass is 32.2. The third kappa shape index (κ3) is 3.95. The van der Waals surface area contributed by atoms with Crippen molar-refractivity contribution in [3.8, 4) is 0 Å². The van der Waals surface area contributed by atoms with Crippen molar-refractivity contribution >= 4 is 29.0 Å². The molecule has 2 rings (SSSR count). The molecule has 0 unspecified atom stereocenters. The van der Waals surface area contributed by atoms with Crippen molar-refractivity contribution in [1.82, 2.24) is 15.1 Å². The summed E-state index contributed by atoms with van der Waals surface area (Å²) in [6.45, 7) is 6.40. The first-order chi connectivity index (χ1) is 9.69. The summed E-state index contributed by atoms with van der Waals surface area (Å²) >= 11 is 2.99. The lowest BCUT2D eigenvalue weighted by Crippen LogP contribution is -2.34. The van der Waals surface area contributed by atoms with E-state index in [0.717, 1.165) is 30.3 Å². The normalized spacial score (nSPS) is 18.8. The maximum atomic E-state index is 12.3. The van der Waals surface area contributed by atoms with Crippen LogP contribution in [0.2, 0.25) is 0 Å². The van der Waals surface area contributed by atoms with Crippen molar-refractivity contribution in [1.29, 1.82) is 0 Å². The molecule has 0 aliphatic carbocycles. The zero-order valence-electron chi connectivity index (χ0n) is 12.3. The second-order valence-electron chi connectivity index (χ2n) is 5.43. The fourth-order valence-electron chi connectivity index (χ4n) is 2.90. The molecule has 2 heterocycles. The van der Waals surface area contributed by atoms with Crippen molar-refractivity contribution in [3.63, 3.8) is 0 Å². The monoisotopic (exact) mass is 313 g/mol. The summed E-state index contributed by atoms with van der Waals surface area (Å²) in [4.78, 5) is 14.3. The molecular formula is C14H23N3OS2. The summed E-state index contributed by atoms with van der Waals surface area (Å²) in [7, 11) is 0. The topological polar surface area (TPSA) is 46.1 Å². The molecule has 1 aliphatic heterocycles. The number of thioether (sulfide) groups is 1. The number of hydrogen-bond acceptors (Lipinski definition) is 5. The number of carbonyl (C=O) groups excluding carboxylic acids is 1. The molecule has 1 saturated heterocycles. The van der Waals surface area contributed by atoms with Gasteiger partial charge in [0, 0.05) is 13.1 Å². The zero-order valence-corrected chi connectivity index (χ0v) is 13.9. The van der Waals surface area contributed by atoms with Gasteiger partial charge in [0.1, 0.15) is 5.51 Å². The van der Waals surface area contributed by atoms with Gasteiger partial charge in [-0.15, -0.1) is 10.2 Å². The SMILES string of the molecule is CCC1(CC)CCCN(C(=O)CSc2nncs2)CC1. The fraction of sp³-hybridized carbons (Fsp3) is 0.786. The largest absolute Gasteiger partial charge is 0.342 e. The number of hydrogen-bond donors (Lipinski definition) is 0. The van der Waals surface area contributed by atoms with Crippen LogP contribution in [0.5, 0.6) is 0 Å². The summed E-state index contributed by atoms with van der Waals surface area (Å²) in [5, 5.41) is 7.75. The van der Waals surface area contributed by atoms with Gasteiger partial charge in [-0.3, -0.25) is 4.79 Å². The number of nitrogens with zero attached hydrogens (tertiary/aromatic N) is 3. The van der Waals surface area contributed by atoms with Crippen LogP contribution in [0.3, 0.4) is 0 Å². The molecule has 4 nitrogen and oxygen atoms in total. The highest BCUT2D eigenvalue weighted by Gasteiger charge is 2.30. The minimum absolute atomic E-state index is 0.244. The molecule has 20 heavy (non-hydrogen) atoms. The average molecular weight is 313 g/mol. The van der Waals surface area contributed by atoms with Crippen LogP contribution >= 0.6 is 23.1 Å². The van der Waals surface area contributed by atoms with E-state index in [1.165, 1.54) is 42.4 Å². The van der Waals surface area contributed by atoms with Crippen molar-refractivity contribution in [2.45, 2.75) is 50.3 Å². The van der Waals surface area contributed by atoms with E-state index in [9.17, 15) is 4.79 Å². The lowest BCUT2D eigenvalue weighted by molar-refractivity contribution is -0.128. The third-order valence-corrected chi connectivity index (χ3v) is 6.40. The molecule has 112 valence electrons. The van der Waals surface area contributed by atoms with Gasteiger partial charge in [-0.2, -0.15) is 0 Å². The first-order valence-corrected chi connectivity index (χ1v) is 9.22. The zero-order chi connectivity index (χ0) is 14.4. The minimum Gasteiger partial charge on any atom is -0.342 e. The Hall–Kier alpha value is -0.620. The molecule has 0 saturated carbocycles. The highest BCUT2D eigenvalue weighted by molar-refractivity contribution is 8.01. The minimum atomic E-state index is 0.244. The van der Waals surface area contributed by atoms with E-state index in [2.05, 4.69) is 24.0 Å². The Kier molecular flexibility index (Phi) is 5.84. The maximum Gasteiger partial charge on any atom is 0.233 e. The molecule has 1 fully saturated rings. The molecule has 1 amide bonds. The van der Waals surface area contributed by atoms with E-state index in [1.807, 2.05) is 4.90 Å². The van der Waals surface area contributed by atoms with Crippen molar-refractivity contribution < 1.29 is 4.79 Å². The van der Waals surface area contributed by atoms with Crippen molar-refractivity contribution in [2.24, 2.45) is 5.41 Å². The number of carbonyl (C=O) groups is 1. The Bertz CT molecular complexity index is 418. The van der Waals surface area contributed by atoms with Crippen LogP contribution in [-0.4, -0.2) is 39.8 Å². The maximum absolute atomic E-state index is 12.3. The summed E-state index contributed by atoms with van der Waals surface area (Å²) in [5.41, 5.74) is 2.16. The van der Waals surface area contributed by atoms with Crippen LogP contribution in [0.25, 0.3) is 0 Å². The predicted octanol–water partition coefficient (Wildman–Crippen LogP) is 3.45. The molecular weight excluding hydrogens is 290 g/mol. The second-order valence-corrected chi connectivity index (χ2v) is 7.49. The van der Waals surface area contributed by atoms with Crippen molar-refractivity contribution in [3.05, 3.63) is 5.51 Å². The molecule has 1 aromatic heterocycles. The molecule has 0 spiro atoms. The van der Waals surface area contributed by atoms with Crippen molar-refractivity contribution in [2.75, 3.05) is 18.8 Å². The Morgan fingerprint density at radius 3 is 2.85 bits per heavy atom. The first-order valence-electron chi connectivity index (χ1n) is 7.36. The molecule has 1 aromatic rings. The molecule has 0 bridgehead atoms. The van der Waals surface area contributed by atoms with E-state index in [-0.39, 0.29) is 5.91 Å². The predicted molar refractivity (Wildman–Crippen MR) is 84.1 cm³/mol. The van der Waals surface area contributed by atoms with Crippen LogP contribution in [0.1, 0.15) is 46.0 Å². The molecule has 1 aliphatic rings. The molecule has 0 aromatic carbocycles. The number of amides is 1. The van der Waals surface area contributed by atoms with E-state index in [1.54, 1.807) is 5.51 Å². The number of aromatic nitrogens is 2. The molecule has 0 radical (unpaired) electrons. The van der Waals surface area contributed by atoms with E-state index in [0.29, 0.717) is 11.2 Å². The van der Waals surface area contributed by atoms with Gasteiger partial charge in [-0.1, -0.05) is 49.8 Å². The van der Waals surface area contributed by atoms with E-state index >= 15 is 0 Å². The second kappa shape index (κ2) is 7.41. The third-order valence-electron chi connectivity index (χ3n) is 4.56. The Morgan fingerprint density at radius 1 is 1.40 bits per heavy atom. The lowest BCUT2D eigenvalue weighted by atomic mass is 9.76. The van der Waals surface area contributed by atoms with E-state index in [4.69, 9.17) is 0 Å². The Morgan fingerprint density at radius 2 is 2.20 bits per heavy atom. The lowest BCUT2D eigenvalue weighted by Gasteiger charge is -2.30. The van der Waals surface area contributed by atoms with Crippen LogP contribution in [0.15, 0.2) is 9.85 Å². The molecule has 0 atom stereocenters. The number of likely N-dealkylation sites (tertiary alicyclic amines) is 1. The van der Waals surface area contributed by atoms with Crippen LogP contribution in [0.4, 0.5) is 0 Å². The summed E-state index contributed by atoms with van der Waals surface area (Å²) in [6.07, 6.45) is 6.00. The standard InChI is InChI=1S/C14H23N3OS2/c1-3-14(4-2)6-5-8-17(9-7-14)12(18)10-19-13-16-15-11-20-13/h11H,3-10H2,1-2H3. The molecule has 0 N–H and O–H groups in total. The van der Waals surface area contributed by atoms with Crippen LogP contribution in [-0.2, 0) is 4.79 Å². The first kappa shape index (κ1) is 15.8.